The summed E-state index contributed by atoms with van der Waals surface area (Å²) in [6, 6.07) is 0. The molecule has 10 heteroatoms. The lowest BCUT2D eigenvalue weighted by Crippen LogP contribution is -2.54. The zero-order valence-electron chi connectivity index (χ0n) is 18.0. The maximum atomic E-state index is 12.8. The highest BCUT2D eigenvalue weighted by Gasteiger charge is 2.15. The molecule has 0 aliphatic carbocycles. The van der Waals surface area contributed by atoms with Crippen molar-refractivity contribution in [3.8, 4) is 0 Å². The molecule has 1 aromatic heterocycles. The van der Waals surface area contributed by atoms with Crippen LogP contribution >= 0.6 is 48.8 Å². The first-order valence-corrected chi connectivity index (χ1v) is 13.3. The molecule has 0 aliphatic rings. The van der Waals surface area contributed by atoms with Gasteiger partial charge in [0.2, 0.25) is 0 Å². The van der Waals surface area contributed by atoms with E-state index in [1.165, 1.54) is 9.13 Å². The summed E-state index contributed by atoms with van der Waals surface area (Å²) in [6.07, 6.45) is 1.39. The Morgan fingerprint density at radius 3 is 1.38 bits per heavy atom. The molecule has 0 aliphatic heterocycles. The maximum absolute atomic E-state index is 12.8. The van der Waals surface area contributed by atoms with Crippen LogP contribution in [0, 0.1) is 0 Å². The van der Waals surface area contributed by atoms with Gasteiger partial charge in [-0.25, -0.2) is 28.1 Å². The van der Waals surface area contributed by atoms with E-state index in [2.05, 4.69) is 53.0 Å². The van der Waals surface area contributed by atoms with Crippen molar-refractivity contribution in [2.45, 2.75) is 88.1 Å². The van der Waals surface area contributed by atoms with Crippen LogP contribution in [0.3, 0.4) is 0 Å². The number of hydrogen-bond donors (Lipinski definition) is 2. The fourth-order valence-electron chi connectivity index (χ4n) is 2.60. The molecule has 0 radical (unpaired) electrons. The Labute approximate surface area is 193 Å². The molecule has 0 saturated heterocycles. The van der Waals surface area contributed by atoms with Gasteiger partial charge in [-0.1, -0.05) is 27.7 Å². The summed E-state index contributed by atoms with van der Waals surface area (Å²) in [4.78, 5) is 38.0. The molecule has 0 fully saturated rings. The van der Waals surface area contributed by atoms with Crippen LogP contribution < -0.4 is 17.1 Å². The molecular formula is C19H35N3O3S4. The summed E-state index contributed by atoms with van der Waals surface area (Å²) in [5.74, 6) is 1.67. The second kappa shape index (κ2) is 13.3. The van der Waals surface area contributed by atoms with Gasteiger partial charge in [-0.05, 0) is 31.3 Å². The molecule has 1 aromatic rings. The van der Waals surface area contributed by atoms with Crippen LogP contribution in [-0.4, -0.2) is 46.2 Å². The minimum atomic E-state index is -0.508. The van der Waals surface area contributed by atoms with Gasteiger partial charge in [-0.15, -0.1) is 0 Å². The summed E-state index contributed by atoms with van der Waals surface area (Å²) in [5.41, 5.74) is -1.51. The third-order valence-electron chi connectivity index (χ3n) is 4.87. The van der Waals surface area contributed by atoms with Gasteiger partial charge in [0.05, 0.1) is 0 Å². The smallest absolute Gasteiger partial charge is 0.247 e. The Morgan fingerprint density at radius 1 is 0.724 bits per heavy atom. The van der Waals surface area contributed by atoms with Gasteiger partial charge in [0.1, 0.15) is 0 Å². The van der Waals surface area contributed by atoms with Crippen LogP contribution in [0.15, 0.2) is 14.4 Å². The topological polar surface area (TPSA) is 66.0 Å². The van der Waals surface area contributed by atoms with Crippen molar-refractivity contribution in [2.24, 2.45) is 0 Å². The number of aromatic nitrogens is 3. The summed E-state index contributed by atoms with van der Waals surface area (Å²) < 4.78 is 3.58. The molecule has 0 bridgehead atoms. The molecule has 4 atom stereocenters. The van der Waals surface area contributed by atoms with E-state index in [1.807, 2.05) is 0 Å². The summed E-state index contributed by atoms with van der Waals surface area (Å²) in [7, 11) is 0. The number of nitrogens with zero attached hydrogens (tertiary/aromatic N) is 3. The van der Waals surface area contributed by atoms with Crippen molar-refractivity contribution in [2.75, 3.05) is 11.5 Å². The van der Waals surface area contributed by atoms with Crippen molar-refractivity contribution < 1.29 is 0 Å². The van der Waals surface area contributed by atoms with Crippen molar-refractivity contribution in [1.82, 2.24) is 13.7 Å². The van der Waals surface area contributed by atoms with Crippen molar-refractivity contribution in [3.63, 3.8) is 0 Å². The molecule has 0 aromatic carbocycles. The number of thioether (sulfide) groups is 2. The normalized spacial score (nSPS) is 15.8. The molecule has 1 heterocycles. The molecule has 1 rings (SSSR count). The Hall–Kier alpha value is -0.190. The fourth-order valence-corrected chi connectivity index (χ4v) is 5.01. The lowest BCUT2D eigenvalue weighted by Gasteiger charge is -2.16. The lowest BCUT2D eigenvalue weighted by molar-refractivity contribution is 0.449. The van der Waals surface area contributed by atoms with E-state index in [4.69, 9.17) is 0 Å². The highest BCUT2D eigenvalue weighted by Crippen LogP contribution is 2.19. The van der Waals surface area contributed by atoms with Gasteiger partial charge in [0.25, 0.3) is 0 Å². The third kappa shape index (κ3) is 8.10. The molecule has 0 N–H and O–H groups in total. The second-order valence-electron chi connectivity index (χ2n) is 7.24. The van der Waals surface area contributed by atoms with E-state index in [0.717, 1.165) is 16.1 Å². The number of hydrogen-bond acceptors (Lipinski definition) is 7. The van der Waals surface area contributed by atoms with Crippen molar-refractivity contribution in [3.05, 3.63) is 31.5 Å². The van der Waals surface area contributed by atoms with Crippen LogP contribution in [0.25, 0.3) is 0 Å². The molecule has 168 valence electrons. The van der Waals surface area contributed by atoms with Gasteiger partial charge < -0.3 is 0 Å². The zero-order chi connectivity index (χ0) is 22.1. The minimum Gasteiger partial charge on any atom is -0.247 e. The molecular weight excluding hydrogens is 446 g/mol. The molecule has 6 nitrogen and oxygen atoms in total. The average Bonchev–Trinajstić information content (AvgIpc) is 2.66. The Bertz CT molecular complexity index is 741. The average molecular weight is 482 g/mol. The first-order chi connectivity index (χ1) is 13.6. The largest absolute Gasteiger partial charge is 0.336 e. The summed E-state index contributed by atoms with van der Waals surface area (Å²) >= 11 is 12.4. The summed E-state index contributed by atoms with van der Waals surface area (Å²) in [6.45, 7) is 11.0. The lowest BCUT2D eigenvalue weighted by atomic mass is 10.4. The standard InChI is InChI=1S/C19H35N3O3S4/c1-6-20-17(23)21(9-7-11-28-15(4)13(2)26)19(25)22(18(20)24)10-8-12-29-16(5)14(3)27/h13-16,26-27H,6-12H2,1-5H3. The Kier molecular flexibility index (Phi) is 12.3. The molecule has 4 unspecified atom stereocenters. The quantitative estimate of drug-likeness (QED) is 0.335. The highest BCUT2D eigenvalue weighted by molar-refractivity contribution is 8.00. The third-order valence-corrected chi connectivity index (χ3v) is 9.09. The molecule has 0 saturated carbocycles. The monoisotopic (exact) mass is 481 g/mol. The fraction of sp³-hybridized carbons (Fsp3) is 0.842. The number of thiol groups is 2. The van der Waals surface area contributed by atoms with Gasteiger partial charge in [0.15, 0.2) is 0 Å². The first-order valence-electron chi connectivity index (χ1n) is 10.2. The van der Waals surface area contributed by atoms with Crippen LogP contribution in [0.5, 0.6) is 0 Å². The van der Waals surface area contributed by atoms with Gasteiger partial charge >= 0.3 is 17.1 Å². The molecule has 0 amide bonds. The minimum absolute atomic E-state index is 0.254. The van der Waals surface area contributed by atoms with Crippen LogP contribution in [0.2, 0.25) is 0 Å². The van der Waals surface area contributed by atoms with E-state index in [1.54, 1.807) is 30.4 Å². The van der Waals surface area contributed by atoms with E-state index < -0.39 is 17.1 Å². The second-order valence-corrected chi connectivity index (χ2v) is 11.8. The molecule has 0 spiro atoms. The Balaban J connectivity index is 2.89. The predicted octanol–water partition coefficient (Wildman–Crippen LogP) is 2.85. The van der Waals surface area contributed by atoms with Crippen molar-refractivity contribution in [1.29, 1.82) is 0 Å². The van der Waals surface area contributed by atoms with Gasteiger partial charge in [-0.2, -0.15) is 48.8 Å². The van der Waals surface area contributed by atoms with E-state index in [0.29, 0.717) is 36.4 Å². The predicted molar refractivity (Wildman–Crippen MR) is 135 cm³/mol. The van der Waals surface area contributed by atoms with E-state index >= 15 is 0 Å². The first kappa shape index (κ1) is 26.8. The van der Waals surface area contributed by atoms with Crippen molar-refractivity contribution >= 4 is 48.8 Å². The maximum Gasteiger partial charge on any atom is 0.336 e. The van der Waals surface area contributed by atoms with E-state index in [9.17, 15) is 14.4 Å². The zero-order valence-corrected chi connectivity index (χ0v) is 21.5. The van der Waals surface area contributed by atoms with Crippen LogP contribution in [-0.2, 0) is 19.6 Å². The van der Waals surface area contributed by atoms with Gasteiger partial charge in [0, 0.05) is 40.6 Å². The van der Waals surface area contributed by atoms with Crippen LogP contribution in [0.4, 0.5) is 0 Å². The van der Waals surface area contributed by atoms with Gasteiger partial charge in [-0.3, -0.25) is 0 Å². The van der Waals surface area contributed by atoms with E-state index in [-0.39, 0.29) is 17.0 Å². The SMILES string of the molecule is CCn1c(=O)n(CCCSC(C)C(C)S)c(=O)n(CCCSC(C)C(C)S)c1=O. The summed E-state index contributed by atoms with van der Waals surface area (Å²) in [5, 5.41) is 1.37. The van der Waals surface area contributed by atoms with Crippen LogP contribution in [0.1, 0.15) is 47.5 Å². The number of rotatable bonds is 13. The highest BCUT2D eigenvalue weighted by atomic mass is 32.2. The Morgan fingerprint density at radius 2 is 1.07 bits per heavy atom. The molecule has 29 heavy (non-hydrogen) atoms.